The van der Waals surface area contributed by atoms with Crippen LogP contribution < -0.4 is 5.73 Å². The first kappa shape index (κ1) is 10.4. The summed E-state index contributed by atoms with van der Waals surface area (Å²) < 4.78 is 1.73. The smallest absolute Gasteiger partial charge is 0.0960 e. The number of pyridine rings is 1. The van der Waals surface area contributed by atoms with Gasteiger partial charge in [0.1, 0.15) is 0 Å². The quantitative estimate of drug-likeness (QED) is 0.591. The van der Waals surface area contributed by atoms with Gasteiger partial charge in [0, 0.05) is 43.2 Å². The number of nitrogens with zero attached hydrogens (tertiary/aromatic N) is 3. The molecule has 2 aromatic rings. The molecule has 5 heteroatoms. The predicted octanol–water partition coefficient (Wildman–Crippen LogP) is 0.961. The van der Waals surface area contributed by atoms with E-state index in [0.29, 0.717) is 6.42 Å². The maximum absolute atomic E-state index is 7.33. The molecule has 2 heterocycles. The van der Waals surface area contributed by atoms with E-state index in [4.69, 9.17) is 11.1 Å². The van der Waals surface area contributed by atoms with E-state index in [2.05, 4.69) is 10.1 Å². The molecular weight excluding hydrogens is 202 g/mol. The van der Waals surface area contributed by atoms with Crippen molar-refractivity contribution in [3.8, 4) is 11.3 Å². The number of rotatable bonds is 3. The van der Waals surface area contributed by atoms with Crippen LogP contribution in [0.5, 0.6) is 0 Å². The van der Waals surface area contributed by atoms with E-state index >= 15 is 0 Å². The summed E-state index contributed by atoms with van der Waals surface area (Å²) >= 11 is 0. The molecule has 0 bridgehead atoms. The molecule has 0 aliphatic heterocycles. The van der Waals surface area contributed by atoms with Gasteiger partial charge in [0.05, 0.1) is 11.5 Å². The third-order valence-electron chi connectivity index (χ3n) is 2.24. The molecule has 0 saturated carbocycles. The molecule has 0 atom stereocenters. The molecule has 0 amide bonds. The maximum Gasteiger partial charge on any atom is 0.0960 e. The molecule has 0 aromatic carbocycles. The van der Waals surface area contributed by atoms with Gasteiger partial charge in [-0.1, -0.05) is 0 Å². The van der Waals surface area contributed by atoms with E-state index in [-0.39, 0.29) is 5.84 Å². The summed E-state index contributed by atoms with van der Waals surface area (Å²) in [6, 6.07) is 3.79. The van der Waals surface area contributed by atoms with Crippen molar-refractivity contribution < 1.29 is 0 Å². The molecule has 2 aromatic heterocycles. The number of hydrogen-bond donors (Lipinski definition) is 2. The maximum atomic E-state index is 7.33. The highest BCUT2D eigenvalue weighted by atomic mass is 15.3. The van der Waals surface area contributed by atoms with Crippen LogP contribution in [0.2, 0.25) is 0 Å². The Morgan fingerprint density at radius 1 is 1.44 bits per heavy atom. The molecule has 0 fully saturated rings. The molecule has 0 spiro atoms. The van der Waals surface area contributed by atoms with Crippen molar-refractivity contribution in [3.05, 3.63) is 36.3 Å². The Balaban J connectivity index is 2.44. The Bertz CT molecular complexity index is 500. The minimum atomic E-state index is 0.142. The Morgan fingerprint density at radius 3 is 2.75 bits per heavy atom. The number of nitrogens with two attached hydrogens (primary N) is 1. The summed E-state index contributed by atoms with van der Waals surface area (Å²) in [5.74, 6) is 0.142. The molecule has 0 aliphatic rings. The summed E-state index contributed by atoms with van der Waals surface area (Å²) in [5.41, 5.74) is 8.23. The van der Waals surface area contributed by atoms with Crippen molar-refractivity contribution >= 4 is 5.84 Å². The SMILES string of the molecule is Cn1cc(CC(=N)N)c(-c2ccncc2)n1. The molecule has 0 radical (unpaired) electrons. The fourth-order valence-electron chi connectivity index (χ4n) is 1.62. The Hall–Kier alpha value is -2.17. The minimum Gasteiger partial charge on any atom is -0.387 e. The number of aryl methyl sites for hydroxylation is 1. The number of aromatic nitrogens is 3. The van der Waals surface area contributed by atoms with E-state index in [9.17, 15) is 0 Å². The zero-order valence-electron chi connectivity index (χ0n) is 9.01. The number of hydrogen-bond acceptors (Lipinski definition) is 3. The highest BCUT2D eigenvalue weighted by Crippen LogP contribution is 2.21. The zero-order valence-corrected chi connectivity index (χ0v) is 9.01. The molecule has 5 nitrogen and oxygen atoms in total. The summed E-state index contributed by atoms with van der Waals surface area (Å²) in [6.45, 7) is 0. The van der Waals surface area contributed by atoms with Gasteiger partial charge in [-0.2, -0.15) is 5.10 Å². The first-order valence-corrected chi connectivity index (χ1v) is 4.92. The van der Waals surface area contributed by atoms with Gasteiger partial charge in [-0.3, -0.25) is 15.1 Å². The van der Waals surface area contributed by atoms with E-state index in [1.807, 2.05) is 25.4 Å². The van der Waals surface area contributed by atoms with Gasteiger partial charge in [0.2, 0.25) is 0 Å². The molecule has 2 rings (SSSR count). The van der Waals surface area contributed by atoms with Crippen molar-refractivity contribution in [1.82, 2.24) is 14.8 Å². The summed E-state index contributed by atoms with van der Waals surface area (Å²) in [7, 11) is 1.86. The fraction of sp³-hybridized carbons (Fsp3) is 0.182. The van der Waals surface area contributed by atoms with Crippen LogP contribution in [0.15, 0.2) is 30.7 Å². The molecule has 0 unspecified atom stereocenters. The summed E-state index contributed by atoms with van der Waals surface area (Å²) in [4.78, 5) is 3.97. The largest absolute Gasteiger partial charge is 0.387 e. The molecule has 0 saturated heterocycles. The topological polar surface area (TPSA) is 80.6 Å². The van der Waals surface area contributed by atoms with Crippen molar-refractivity contribution in [3.63, 3.8) is 0 Å². The lowest BCUT2D eigenvalue weighted by Gasteiger charge is -2.00. The van der Waals surface area contributed by atoms with Crippen LogP contribution >= 0.6 is 0 Å². The second kappa shape index (κ2) is 4.14. The average molecular weight is 215 g/mol. The van der Waals surface area contributed by atoms with Crippen molar-refractivity contribution in [1.29, 1.82) is 5.41 Å². The van der Waals surface area contributed by atoms with Crippen molar-refractivity contribution in [2.75, 3.05) is 0 Å². The molecule has 0 aliphatic carbocycles. The number of nitrogens with one attached hydrogen (secondary N) is 1. The molecule has 82 valence electrons. The van der Waals surface area contributed by atoms with Crippen molar-refractivity contribution in [2.45, 2.75) is 6.42 Å². The highest BCUT2D eigenvalue weighted by Gasteiger charge is 2.10. The van der Waals surface area contributed by atoms with Crippen LogP contribution in [0.4, 0.5) is 0 Å². The van der Waals surface area contributed by atoms with Gasteiger partial charge in [-0.05, 0) is 12.1 Å². The summed E-state index contributed by atoms with van der Waals surface area (Å²) in [6.07, 6.45) is 5.76. The first-order chi connectivity index (χ1) is 7.66. The van der Waals surface area contributed by atoms with Gasteiger partial charge < -0.3 is 5.73 Å². The molecule has 3 N–H and O–H groups in total. The minimum absolute atomic E-state index is 0.142. The first-order valence-electron chi connectivity index (χ1n) is 4.92. The van der Waals surface area contributed by atoms with Crippen LogP contribution in [0.25, 0.3) is 11.3 Å². The van der Waals surface area contributed by atoms with Crippen LogP contribution in [0, 0.1) is 5.41 Å². The highest BCUT2D eigenvalue weighted by molar-refractivity contribution is 5.81. The second-order valence-corrected chi connectivity index (χ2v) is 3.61. The lowest BCUT2D eigenvalue weighted by Crippen LogP contribution is -2.12. The van der Waals surface area contributed by atoms with Crippen LogP contribution in [0.3, 0.4) is 0 Å². The zero-order chi connectivity index (χ0) is 11.5. The van der Waals surface area contributed by atoms with Crippen molar-refractivity contribution in [2.24, 2.45) is 12.8 Å². The predicted molar refractivity (Wildman–Crippen MR) is 62.1 cm³/mol. The Morgan fingerprint density at radius 2 is 2.12 bits per heavy atom. The van der Waals surface area contributed by atoms with Crippen LogP contribution in [0.1, 0.15) is 5.56 Å². The lowest BCUT2D eigenvalue weighted by molar-refractivity contribution is 0.770. The van der Waals surface area contributed by atoms with Gasteiger partial charge in [0.25, 0.3) is 0 Å². The van der Waals surface area contributed by atoms with Crippen LogP contribution in [-0.4, -0.2) is 20.6 Å². The van der Waals surface area contributed by atoms with E-state index < -0.39 is 0 Å². The Labute approximate surface area is 93.4 Å². The van der Waals surface area contributed by atoms with E-state index in [1.54, 1.807) is 17.1 Å². The van der Waals surface area contributed by atoms with Gasteiger partial charge in [0.15, 0.2) is 0 Å². The summed E-state index contributed by atoms with van der Waals surface area (Å²) in [5, 5.41) is 11.7. The average Bonchev–Trinajstić information content (AvgIpc) is 2.60. The standard InChI is InChI=1S/C11H13N5/c1-16-7-9(6-10(12)13)11(15-16)8-2-4-14-5-3-8/h2-5,7H,6H2,1H3,(H3,12,13). The van der Waals surface area contributed by atoms with Gasteiger partial charge >= 0.3 is 0 Å². The third-order valence-corrected chi connectivity index (χ3v) is 2.24. The normalized spacial score (nSPS) is 10.3. The van der Waals surface area contributed by atoms with Gasteiger partial charge in [-0.15, -0.1) is 0 Å². The monoisotopic (exact) mass is 215 g/mol. The van der Waals surface area contributed by atoms with Gasteiger partial charge in [-0.25, -0.2) is 0 Å². The lowest BCUT2D eigenvalue weighted by atomic mass is 10.1. The molecule has 16 heavy (non-hydrogen) atoms. The Kier molecular flexibility index (Phi) is 2.68. The third kappa shape index (κ3) is 2.08. The molecular formula is C11H13N5. The second-order valence-electron chi connectivity index (χ2n) is 3.61. The van der Waals surface area contributed by atoms with E-state index in [0.717, 1.165) is 16.8 Å². The fourth-order valence-corrected chi connectivity index (χ4v) is 1.62. The number of amidine groups is 1. The van der Waals surface area contributed by atoms with E-state index in [1.165, 1.54) is 0 Å². The van der Waals surface area contributed by atoms with Crippen LogP contribution in [-0.2, 0) is 13.5 Å².